The Bertz CT molecular complexity index is 4310. The van der Waals surface area contributed by atoms with E-state index in [9.17, 15) is 0 Å². The van der Waals surface area contributed by atoms with Crippen LogP contribution < -0.4 is 0 Å². The predicted octanol–water partition coefficient (Wildman–Crippen LogP) is 17.5. The van der Waals surface area contributed by atoms with Crippen molar-refractivity contribution in [3.8, 4) is 67.0 Å². The molecule has 0 saturated carbocycles. The van der Waals surface area contributed by atoms with Crippen molar-refractivity contribution in [2.24, 2.45) is 0 Å². The van der Waals surface area contributed by atoms with Gasteiger partial charge in [0.1, 0.15) is 0 Å². The zero-order valence-electron chi connectivity index (χ0n) is 37.2. The van der Waals surface area contributed by atoms with Crippen molar-refractivity contribution in [1.82, 2.24) is 9.13 Å². The Kier molecular flexibility index (Phi) is 7.32. The van der Waals surface area contributed by atoms with Gasteiger partial charge in [-0.1, -0.05) is 153 Å². The van der Waals surface area contributed by atoms with E-state index in [1.165, 1.54) is 138 Å². The molecular weight excluding hydrogens is 809 g/mol. The van der Waals surface area contributed by atoms with E-state index in [0.717, 1.165) is 5.69 Å². The van der Waals surface area contributed by atoms with Gasteiger partial charge in [-0.15, -0.1) is 0 Å². The quantitative estimate of drug-likeness (QED) is 0.167. The highest BCUT2D eigenvalue weighted by Crippen LogP contribution is 2.51. The summed E-state index contributed by atoms with van der Waals surface area (Å²) < 4.78 is 4.90. The molecule has 13 aromatic rings. The van der Waals surface area contributed by atoms with Crippen LogP contribution in [0.3, 0.4) is 0 Å². The van der Waals surface area contributed by atoms with Crippen molar-refractivity contribution >= 4 is 65.2 Å². The molecule has 0 unspecified atom stereocenters. The summed E-state index contributed by atoms with van der Waals surface area (Å²) in [6.07, 6.45) is 0. The lowest BCUT2D eigenvalue weighted by molar-refractivity contribution is 0.660. The van der Waals surface area contributed by atoms with Crippen molar-refractivity contribution < 1.29 is 0 Å². The first-order chi connectivity index (χ1) is 33.0. The minimum Gasteiger partial charge on any atom is -0.309 e. The normalized spacial score (nSPS) is 13.3. The fourth-order valence-electron chi connectivity index (χ4n) is 12.2. The molecule has 0 radical (unpaired) electrons. The summed E-state index contributed by atoms with van der Waals surface area (Å²) in [5.41, 5.74) is 22.9. The summed E-state index contributed by atoms with van der Waals surface area (Å²) in [4.78, 5) is 0. The summed E-state index contributed by atoms with van der Waals surface area (Å²) in [6, 6.07) is 82.0. The lowest BCUT2D eigenvalue weighted by Crippen LogP contribution is -2.15. The number of rotatable bonds is 4. The molecule has 2 nitrogen and oxygen atoms in total. The van der Waals surface area contributed by atoms with Crippen LogP contribution in [0.4, 0.5) is 0 Å². The second-order valence-electron chi connectivity index (χ2n) is 19.3. The largest absolute Gasteiger partial charge is 0.309 e. The second kappa shape index (κ2) is 13.3. The van der Waals surface area contributed by atoms with Crippen LogP contribution in [-0.2, 0) is 5.41 Å². The first-order valence-electron chi connectivity index (χ1n) is 23.5. The maximum absolute atomic E-state index is 2.46. The van der Waals surface area contributed by atoms with E-state index >= 15 is 0 Å². The van der Waals surface area contributed by atoms with Gasteiger partial charge in [0, 0.05) is 38.3 Å². The van der Waals surface area contributed by atoms with Gasteiger partial charge in [-0.05, 0) is 167 Å². The van der Waals surface area contributed by atoms with E-state index in [4.69, 9.17) is 0 Å². The van der Waals surface area contributed by atoms with Crippen LogP contribution in [0.15, 0.2) is 218 Å². The molecule has 0 saturated heterocycles. The van der Waals surface area contributed by atoms with Gasteiger partial charge in [0.15, 0.2) is 0 Å². The maximum atomic E-state index is 2.46. The van der Waals surface area contributed by atoms with Gasteiger partial charge in [-0.2, -0.15) is 0 Å². The summed E-state index contributed by atoms with van der Waals surface area (Å²) in [5, 5.41) is 10.1. The van der Waals surface area contributed by atoms with Gasteiger partial charge >= 0.3 is 0 Å². The van der Waals surface area contributed by atoms with Crippen molar-refractivity contribution in [1.29, 1.82) is 0 Å². The first-order valence-corrected chi connectivity index (χ1v) is 23.5. The SMILES string of the molecule is CC1(C)c2ccccc2-c2ccc(-n3c4ccccc4c4cc(-c5ccc6c(c5)c5ccccc5n6-c5ccc6cc(-c7cc8c9c(cccc9c7)-c7ccccc7-8)ccc6c5)ccc43)cc21. The first kappa shape index (κ1) is 36.8. The number of hydrogen-bond acceptors (Lipinski definition) is 0. The van der Waals surface area contributed by atoms with Crippen LogP contribution in [0.2, 0.25) is 0 Å². The van der Waals surface area contributed by atoms with Crippen LogP contribution in [0, 0.1) is 0 Å². The molecule has 0 bridgehead atoms. The highest BCUT2D eigenvalue weighted by Gasteiger charge is 2.35. The summed E-state index contributed by atoms with van der Waals surface area (Å²) in [7, 11) is 0. The Labute approximate surface area is 388 Å². The van der Waals surface area contributed by atoms with Crippen LogP contribution in [0.1, 0.15) is 25.0 Å². The van der Waals surface area contributed by atoms with Gasteiger partial charge in [-0.25, -0.2) is 0 Å². The molecule has 0 aliphatic heterocycles. The minimum absolute atomic E-state index is 0.0673. The van der Waals surface area contributed by atoms with Crippen LogP contribution >= 0.6 is 0 Å². The molecule has 0 amide bonds. The molecule has 312 valence electrons. The number of fused-ring (bicyclic) bond motifs is 13. The summed E-state index contributed by atoms with van der Waals surface area (Å²) in [5.74, 6) is 0. The van der Waals surface area contributed by atoms with Crippen molar-refractivity contribution in [3.63, 3.8) is 0 Å². The monoisotopic (exact) mass is 850 g/mol. The molecule has 67 heavy (non-hydrogen) atoms. The fraction of sp³-hybridized carbons (Fsp3) is 0.0462. The van der Waals surface area contributed by atoms with Gasteiger partial charge in [0.25, 0.3) is 0 Å². The third kappa shape index (κ3) is 5.10. The standard InChI is InChI=1S/C65H42N2/c1-65(2)58-19-8-5-15-50(58)51-29-28-47(38-59(51)65)67-61-21-10-7-17-53(61)56-36-43(26-31-63(56)67)42-25-30-62-55(35-42)52-16-6-9-20-60(52)66(62)46-27-24-39-32-40(22-23-41(39)34-46)45-33-44-12-11-18-54-48-13-3-4-14-49(48)57(37-45)64(44)54/h3-38H,1-2H3. The molecule has 2 heterocycles. The lowest BCUT2D eigenvalue weighted by atomic mass is 9.82. The van der Waals surface area contributed by atoms with Crippen molar-refractivity contribution in [3.05, 3.63) is 230 Å². The van der Waals surface area contributed by atoms with E-state index in [1.54, 1.807) is 0 Å². The average molecular weight is 851 g/mol. The summed E-state index contributed by atoms with van der Waals surface area (Å²) >= 11 is 0. The second-order valence-corrected chi connectivity index (χ2v) is 19.3. The Hall–Kier alpha value is -8.46. The molecule has 0 N–H and O–H groups in total. The number of benzene rings is 11. The van der Waals surface area contributed by atoms with E-state index in [-0.39, 0.29) is 5.41 Å². The molecule has 2 aliphatic carbocycles. The van der Waals surface area contributed by atoms with E-state index in [1.807, 2.05) is 0 Å². The average Bonchev–Trinajstić information content (AvgIpc) is 4.07. The number of nitrogens with zero attached hydrogens (tertiary/aromatic N) is 2. The van der Waals surface area contributed by atoms with Gasteiger partial charge in [0.05, 0.1) is 22.1 Å². The molecule has 0 spiro atoms. The smallest absolute Gasteiger partial charge is 0.0541 e. The topological polar surface area (TPSA) is 9.86 Å². The zero-order valence-corrected chi connectivity index (χ0v) is 37.2. The Morgan fingerprint density at radius 3 is 1.52 bits per heavy atom. The lowest BCUT2D eigenvalue weighted by Gasteiger charge is -2.22. The van der Waals surface area contributed by atoms with Crippen molar-refractivity contribution in [2.45, 2.75) is 19.3 Å². The third-order valence-electron chi connectivity index (χ3n) is 15.4. The Balaban J connectivity index is 0.816. The number of aromatic nitrogens is 2. The van der Waals surface area contributed by atoms with Gasteiger partial charge in [-0.3, -0.25) is 0 Å². The van der Waals surface area contributed by atoms with E-state index in [0.29, 0.717) is 0 Å². The Morgan fingerprint density at radius 1 is 0.284 bits per heavy atom. The van der Waals surface area contributed by atoms with Crippen LogP contribution in [0.5, 0.6) is 0 Å². The molecule has 2 aliphatic rings. The molecule has 0 atom stereocenters. The maximum Gasteiger partial charge on any atom is 0.0541 e. The van der Waals surface area contributed by atoms with Gasteiger partial charge in [0.2, 0.25) is 0 Å². The van der Waals surface area contributed by atoms with E-state index < -0.39 is 0 Å². The Morgan fingerprint density at radius 2 is 0.791 bits per heavy atom. The third-order valence-corrected chi connectivity index (χ3v) is 15.4. The number of para-hydroxylation sites is 2. The molecule has 15 rings (SSSR count). The predicted molar refractivity (Wildman–Crippen MR) is 283 cm³/mol. The van der Waals surface area contributed by atoms with Crippen LogP contribution in [-0.4, -0.2) is 9.13 Å². The molecule has 11 aromatic carbocycles. The minimum atomic E-state index is -0.0673. The fourth-order valence-corrected chi connectivity index (χ4v) is 12.2. The highest BCUT2D eigenvalue weighted by atomic mass is 15.0. The van der Waals surface area contributed by atoms with E-state index in [2.05, 4.69) is 241 Å². The molecule has 2 aromatic heterocycles. The molecular formula is C65H42N2. The number of hydrogen-bond donors (Lipinski definition) is 0. The molecule has 2 heteroatoms. The summed E-state index contributed by atoms with van der Waals surface area (Å²) in [6.45, 7) is 4.72. The van der Waals surface area contributed by atoms with Gasteiger partial charge < -0.3 is 9.13 Å². The molecule has 0 fully saturated rings. The highest BCUT2D eigenvalue weighted by molar-refractivity contribution is 6.17. The van der Waals surface area contributed by atoms with Crippen LogP contribution in [0.25, 0.3) is 132 Å². The van der Waals surface area contributed by atoms with Crippen molar-refractivity contribution in [2.75, 3.05) is 0 Å². The zero-order chi connectivity index (χ0) is 44.1.